The van der Waals surface area contributed by atoms with Crippen LogP contribution in [0.3, 0.4) is 0 Å². The number of benzene rings is 7. The van der Waals surface area contributed by atoms with Crippen LogP contribution in [0.2, 0.25) is 0 Å². The van der Waals surface area contributed by atoms with Crippen LogP contribution in [-0.2, 0) is 0 Å². The number of hydrogen-bond acceptors (Lipinski definition) is 4. The molecule has 43 heavy (non-hydrogen) atoms. The SMILES string of the molecule is c1ccc(-c2nc(-c3ccc4ccc5c6ccccc6ccc5c4c3)nc(-c3cccc4c3oc3ccccc34)n2)cc1. The van der Waals surface area contributed by atoms with E-state index in [0.29, 0.717) is 17.5 Å². The number of hydrogen-bond donors (Lipinski definition) is 0. The Balaban J connectivity index is 1.30. The van der Waals surface area contributed by atoms with Gasteiger partial charge in [-0.25, -0.2) is 15.0 Å². The van der Waals surface area contributed by atoms with Crippen molar-refractivity contribution < 1.29 is 4.42 Å². The van der Waals surface area contributed by atoms with Crippen LogP contribution < -0.4 is 0 Å². The first-order chi connectivity index (χ1) is 21.3. The van der Waals surface area contributed by atoms with Gasteiger partial charge < -0.3 is 4.42 Å². The van der Waals surface area contributed by atoms with Crippen LogP contribution in [0, 0.1) is 0 Å². The zero-order valence-corrected chi connectivity index (χ0v) is 23.0. The van der Waals surface area contributed by atoms with E-state index in [1.165, 1.54) is 32.3 Å². The Morgan fingerprint density at radius 1 is 0.372 bits per heavy atom. The molecule has 0 radical (unpaired) electrons. The Bertz CT molecular complexity index is 2510. The highest BCUT2D eigenvalue weighted by atomic mass is 16.3. The predicted octanol–water partition coefficient (Wildman–Crippen LogP) is 10.2. The van der Waals surface area contributed by atoms with Gasteiger partial charge in [-0.15, -0.1) is 0 Å². The van der Waals surface area contributed by atoms with Crippen LogP contribution >= 0.6 is 0 Å². The Morgan fingerprint density at radius 2 is 1.00 bits per heavy atom. The van der Waals surface area contributed by atoms with Crippen LogP contribution in [0.5, 0.6) is 0 Å². The summed E-state index contributed by atoms with van der Waals surface area (Å²) < 4.78 is 6.37. The van der Waals surface area contributed by atoms with E-state index in [1.54, 1.807) is 0 Å². The first kappa shape index (κ1) is 23.8. The zero-order valence-electron chi connectivity index (χ0n) is 23.0. The third-order valence-corrected chi connectivity index (χ3v) is 8.31. The molecule has 4 heteroatoms. The molecule has 0 aliphatic heterocycles. The maximum atomic E-state index is 6.37. The summed E-state index contributed by atoms with van der Waals surface area (Å²) in [6.45, 7) is 0. The van der Waals surface area contributed by atoms with Crippen molar-refractivity contribution in [2.24, 2.45) is 0 Å². The first-order valence-electron chi connectivity index (χ1n) is 14.4. The lowest BCUT2D eigenvalue weighted by Crippen LogP contribution is -2.00. The third kappa shape index (κ3) is 3.81. The molecule has 2 aromatic heterocycles. The average Bonchev–Trinajstić information content (AvgIpc) is 3.47. The van der Waals surface area contributed by atoms with E-state index in [4.69, 9.17) is 19.4 Å². The number of rotatable bonds is 3. The molecule has 0 amide bonds. The lowest BCUT2D eigenvalue weighted by molar-refractivity contribution is 0.669. The minimum atomic E-state index is 0.581. The van der Waals surface area contributed by atoms with Crippen molar-refractivity contribution in [3.05, 3.63) is 140 Å². The zero-order chi connectivity index (χ0) is 28.3. The number of para-hydroxylation sites is 2. The lowest BCUT2D eigenvalue weighted by Gasteiger charge is -2.11. The normalized spacial score (nSPS) is 11.7. The molecule has 9 rings (SSSR count). The van der Waals surface area contributed by atoms with Gasteiger partial charge in [-0.3, -0.25) is 0 Å². The Labute approximate surface area is 246 Å². The van der Waals surface area contributed by atoms with E-state index >= 15 is 0 Å². The molecule has 7 aromatic carbocycles. The van der Waals surface area contributed by atoms with Crippen LogP contribution in [0.4, 0.5) is 0 Å². The molecule has 0 saturated carbocycles. The highest BCUT2D eigenvalue weighted by Gasteiger charge is 2.18. The van der Waals surface area contributed by atoms with Gasteiger partial charge in [0.1, 0.15) is 11.2 Å². The van der Waals surface area contributed by atoms with Gasteiger partial charge in [-0.2, -0.15) is 0 Å². The molecular weight excluding hydrogens is 526 g/mol. The number of fused-ring (bicyclic) bond motifs is 8. The van der Waals surface area contributed by atoms with Crippen molar-refractivity contribution in [3.63, 3.8) is 0 Å². The van der Waals surface area contributed by atoms with Crippen LogP contribution in [0.25, 0.3) is 88.4 Å². The van der Waals surface area contributed by atoms with Crippen molar-refractivity contribution in [3.8, 4) is 34.2 Å². The number of nitrogens with zero attached hydrogens (tertiary/aromatic N) is 3. The van der Waals surface area contributed by atoms with Crippen LogP contribution in [0.1, 0.15) is 0 Å². The van der Waals surface area contributed by atoms with E-state index in [1.807, 2.05) is 60.7 Å². The fraction of sp³-hybridized carbons (Fsp3) is 0. The summed E-state index contributed by atoms with van der Waals surface area (Å²) in [6.07, 6.45) is 0. The summed E-state index contributed by atoms with van der Waals surface area (Å²) >= 11 is 0. The van der Waals surface area contributed by atoms with Crippen molar-refractivity contribution in [1.29, 1.82) is 0 Å². The van der Waals surface area contributed by atoms with Crippen molar-refractivity contribution >= 4 is 54.3 Å². The first-order valence-corrected chi connectivity index (χ1v) is 14.4. The van der Waals surface area contributed by atoms with Crippen molar-refractivity contribution in [2.45, 2.75) is 0 Å². The molecule has 0 unspecified atom stereocenters. The summed E-state index contributed by atoms with van der Waals surface area (Å²) in [7, 11) is 0. The molecule has 0 N–H and O–H groups in total. The van der Waals surface area contributed by atoms with Gasteiger partial charge in [0, 0.05) is 21.9 Å². The molecule has 9 aromatic rings. The molecular formula is C39H23N3O. The Kier molecular flexibility index (Phi) is 5.16. The third-order valence-electron chi connectivity index (χ3n) is 8.31. The summed E-state index contributed by atoms with van der Waals surface area (Å²) in [5.74, 6) is 1.83. The van der Waals surface area contributed by atoms with Gasteiger partial charge in [0.2, 0.25) is 0 Å². The van der Waals surface area contributed by atoms with Crippen molar-refractivity contribution in [2.75, 3.05) is 0 Å². The highest BCUT2D eigenvalue weighted by Crippen LogP contribution is 2.37. The maximum absolute atomic E-state index is 6.37. The summed E-state index contributed by atoms with van der Waals surface area (Å²) in [5, 5.41) is 9.40. The van der Waals surface area contributed by atoms with E-state index in [0.717, 1.165) is 38.6 Å². The fourth-order valence-corrected chi connectivity index (χ4v) is 6.22. The van der Waals surface area contributed by atoms with E-state index < -0.39 is 0 Å². The van der Waals surface area contributed by atoms with Gasteiger partial charge in [-0.1, -0.05) is 121 Å². The molecule has 0 bridgehead atoms. The monoisotopic (exact) mass is 549 g/mol. The molecule has 2 heterocycles. The summed E-state index contributed by atoms with van der Waals surface area (Å²) in [5.41, 5.74) is 4.33. The van der Waals surface area contributed by atoms with Gasteiger partial charge in [0.05, 0.1) is 5.56 Å². The summed E-state index contributed by atoms with van der Waals surface area (Å²) in [6, 6.07) is 48.2. The highest BCUT2D eigenvalue weighted by molar-refractivity contribution is 6.17. The van der Waals surface area contributed by atoms with E-state index in [9.17, 15) is 0 Å². The van der Waals surface area contributed by atoms with Gasteiger partial charge in [0.25, 0.3) is 0 Å². The Morgan fingerprint density at radius 3 is 1.86 bits per heavy atom. The lowest BCUT2D eigenvalue weighted by atomic mass is 9.96. The van der Waals surface area contributed by atoms with Crippen LogP contribution in [-0.4, -0.2) is 15.0 Å². The molecule has 4 nitrogen and oxygen atoms in total. The maximum Gasteiger partial charge on any atom is 0.167 e. The molecule has 0 aliphatic carbocycles. The Hall–Kier alpha value is -5.87. The largest absolute Gasteiger partial charge is 0.455 e. The molecule has 0 saturated heterocycles. The van der Waals surface area contributed by atoms with E-state index in [-0.39, 0.29) is 0 Å². The average molecular weight is 550 g/mol. The quantitative estimate of drug-likeness (QED) is 0.206. The molecule has 200 valence electrons. The molecule has 0 aliphatic rings. The molecule has 0 spiro atoms. The van der Waals surface area contributed by atoms with Gasteiger partial charge >= 0.3 is 0 Å². The predicted molar refractivity (Wildman–Crippen MR) is 176 cm³/mol. The smallest absolute Gasteiger partial charge is 0.167 e. The number of aromatic nitrogens is 3. The minimum absolute atomic E-state index is 0.581. The van der Waals surface area contributed by atoms with Crippen molar-refractivity contribution in [1.82, 2.24) is 15.0 Å². The fourth-order valence-electron chi connectivity index (χ4n) is 6.22. The standard InChI is InChI=1S/C39H23N3O/c1-2-10-26(11-3-1)37-40-38(42-39(41-37)33-15-8-14-32-31-13-6-7-16-35(31)43-36(32)33)27-18-17-25-20-21-29-28-12-5-4-9-24(28)19-22-30(29)34(25)23-27/h1-23H. The second-order valence-electron chi connectivity index (χ2n) is 10.8. The van der Waals surface area contributed by atoms with E-state index in [2.05, 4.69) is 78.9 Å². The second kappa shape index (κ2) is 9.33. The second-order valence-corrected chi connectivity index (χ2v) is 10.8. The molecule has 0 atom stereocenters. The molecule has 0 fully saturated rings. The van der Waals surface area contributed by atoms with Gasteiger partial charge in [0.15, 0.2) is 17.5 Å². The number of furan rings is 1. The minimum Gasteiger partial charge on any atom is -0.455 e. The topological polar surface area (TPSA) is 51.8 Å². The van der Waals surface area contributed by atoms with Gasteiger partial charge in [-0.05, 0) is 50.5 Å². The summed E-state index contributed by atoms with van der Waals surface area (Å²) in [4.78, 5) is 15.1. The van der Waals surface area contributed by atoms with Crippen LogP contribution in [0.15, 0.2) is 144 Å².